The Labute approximate surface area is 163 Å². The van der Waals surface area contributed by atoms with Gasteiger partial charge in [-0.1, -0.05) is 13.8 Å². The number of esters is 1. The second-order valence-corrected chi connectivity index (χ2v) is 10.5. The Morgan fingerprint density at radius 1 is 0.963 bits per heavy atom. The molecule has 0 amide bonds. The number of carbonyl (C=O) groups excluding carboxylic acids is 2. The van der Waals surface area contributed by atoms with Crippen molar-refractivity contribution in [3.05, 3.63) is 0 Å². The third-order valence-electron chi connectivity index (χ3n) is 9.44. The number of fused-ring (bicyclic) bond motifs is 5. The van der Waals surface area contributed by atoms with Gasteiger partial charge in [0.25, 0.3) is 0 Å². The third-order valence-corrected chi connectivity index (χ3v) is 9.44. The Morgan fingerprint density at radius 2 is 1.67 bits per heavy atom. The van der Waals surface area contributed by atoms with Crippen LogP contribution >= 0.6 is 0 Å². The molecule has 8 atom stereocenters. The normalized spacial score (nSPS) is 48.9. The minimum absolute atomic E-state index is 0.0475. The number of hydrogen-bond acceptors (Lipinski definition) is 4. The Balaban J connectivity index is 1.52. The monoisotopic (exact) mass is 376 g/mol. The Kier molecular flexibility index (Phi) is 4.93. The van der Waals surface area contributed by atoms with E-state index in [4.69, 9.17) is 4.74 Å². The molecule has 4 rings (SSSR count). The van der Waals surface area contributed by atoms with Gasteiger partial charge in [0, 0.05) is 12.8 Å². The lowest BCUT2D eigenvalue weighted by molar-refractivity contribution is -0.151. The van der Waals surface area contributed by atoms with Crippen LogP contribution in [0.25, 0.3) is 0 Å². The van der Waals surface area contributed by atoms with Crippen LogP contribution in [0.15, 0.2) is 0 Å². The third kappa shape index (κ3) is 3.07. The van der Waals surface area contributed by atoms with Crippen LogP contribution in [0.1, 0.15) is 78.6 Å². The maximum atomic E-state index is 12.8. The first kappa shape index (κ1) is 19.4. The molecule has 4 saturated carbocycles. The van der Waals surface area contributed by atoms with Gasteiger partial charge < -0.3 is 9.84 Å². The summed E-state index contributed by atoms with van der Waals surface area (Å²) in [5, 5.41) is 10.2. The molecule has 152 valence electrons. The summed E-state index contributed by atoms with van der Waals surface area (Å²) in [6, 6.07) is 0. The standard InChI is InChI=1S/C23H36O4/c1-14(24)27-13-21(26)20-7-6-18-17-5-4-15-12-16(25)8-10-22(15,2)19(17)9-11-23(18,20)3/h15-20,25H,4-13H2,1-3H3/t15-,16?,17-,18-,19-,20+,22-,23-/m0/s1. The van der Waals surface area contributed by atoms with Crippen LogP contribution in [0.3, 0.4) is 0 Å². The second-order valence-electron chi connectivity index (χ2n) is 10.5. The minimum atomic E-state index is -0.363. The summed E-state index contributed by atoms with van der Waals surface area (Å²) >= 11 is 0. The topological polar surface area (TPSA) is 63.6 Å². The fourth-order valence-electron chi connectivity index (χ4n) is 8.04. The molecule has 0 saturated heterocycles. The minimum Gasteiger partial charge on any atom is -0.458 e. The van der Waals surface area contributed by atoms with E-state index in [-0.39, 0.29) is 35.8 Å². The van der Waals surface area contributed by atoms with Gasteiger partial charge in [0.15, 0.2) is 5.78 Å². The lowest BCUT2D eigenvalue weighted by Gasteiger charge is -2.60. The number of Topliss-reactive ketones (excluding diaryl/α,β-unsaturated/α-hetero) is 1. The Morgan fingerprint density at radius 3 is 2.41 bits per heavy atom. The highest BCUT2D eigenvalue weighted by atomic mass is 16.5. The molecule has 1 unspecified atom stereocenters. The van der Waals surface area contributed by atoms with Crippen molar-refractivity contribution in [2.24, 2.45) is 40.4 Å². The van der Waals surface area contributed by atoms with Crippen LogP contribution in [0, 0.1) is 40.4 Å². The van der Waals surface area contributed by atoms with Crippen molar-refractivity contribution >= 4 is 11.8 Å². The van der Waals surface area contributed by atoms with Crippen molar-refractivity contribution in [2.45, 2.75) is 84.7 Å². The van der Waals surface area contributed by atoms with Gasteiger partial charge in [-0.15, -0.1) is 0 Å². The van der Waals surface area contributed by atoms with Gasteiger partial charge in [0.2, 0.25) is 0 Å². The summed E-state index contributed by atoms with van der Waals surface area (Å²) in [4.78, 5) is 23.9. The smallest absolute Gasteiger partial charge is 0.303 e. The zero-order chi connectivity index (χ0) is 19.4. The van der Waals surface area contributed by atoms with E-state index in [9.17, 15) is 14.7 Å². The van der Waals surface area contributed by atoms with Crippen LogP contribution in [0.5, 0.6) is 0 Å². The van der Waals surface area contributed by atoms with Gasteiger partial charge in [-0.3, -0.25) is 9.59 Å². The van der Waals surface area contributed by atoms with Crippen LogP contribution in [0.2, 0.25) is 0 Å². The molecule has 0 aromatic carbocycles. The van der Waals surface area contributed by atoms with Gasteiger partial charge in [0.05, 0.1) is 6.10 Å². The quantitative estimate of drug-likeness (QED) is 0.752. The average molecular weight is 377 g/mol. The van der Waals surface area contributed by atoms with Gasteiger partial charge in [-0.05, 0) is 92.3 Å². The molecule has 0 radical (unpaired) electrons. The molecular weight excluding hydrogens is 340 g/mol. The van der Waals surface area contributed by atoms with E-state index in [2.05, 4.69) is 13.8 Å². The molecule has 0 aromatic heterocycles. The summed E-state index contributed by atoms with van der Waals surface area (Å²) in [5.41, 5.74) is 0.457. The molecule has 4 aliphatic carbocycles. The summed E-state index contributed by atoms with van der Waals surface area (Å²) in [7, 11) is 0. The van der Waals surface area contributed by atoms with Crippen LogP contribution < -0.4 is 0 Å². The first-order valence-electron chi connectivity index (χ1n) is 11.1. The van der Waals surface area contributed by atoms with Crippen molar-refractivity contribution in [1.29, 1.82) is 0 Å². The number of hydrogen-bond donors (Lipinski definition) is 1. The van der Waals surface area contributed by atoms with Gasteiger partial charge >= 0.3 is 5.97 Å². The van der Waals surface area contributed by atoms with E-state index in [1.165, 1.54) is 26.2 Å². The van der Waals surface area contributed by atoms with E-state index >= 15 is 0 Å². The molecule has 0 bridgehead atoms. The predicted molar refractivity (Wildman–Crippen MR) is 103 cm³/mol. The first-order chi connectivity index (χ1) is 12.8. The fraction of sp³-hybridized carbons (Fsp3) is 0.913. The van der Waals surface area contributed by atoms with E-state index in [0.29, 0.717) is 17.3 Å². The summed E-state index contributed by atoms with van der Waals surface area (Å²) in [6.07, 6.45) is 9.99. The average Bonchev–Trinajstić information content (AvgIpc) is 2.97. The molecule has 4 aliphatic rings. The molecule has 0 heterocycles. The van der Waals surface area contributed by atoms with Gasteiger partial charge in [0.1, 0.15) is 6.61 Å². The number of rotatable bonds is 3. The Bertz CT molecular complexity index is 615. The van der Waals surface area contributed by atoms with E-state index < -0.39 is 0 Å². The van der Waals surface area contributed by atoms with Gasteiger partial charge in [-0.25, -0.2) is 0 Å². The number of ketones is 1. The molecule has 1 N–H and O–H groups in total. The number of ether oxygens (including phenoxy) is 1. The highest BCUT2D eigenvalue weighted by Crippen LogP contribution is 2.67. The van der Waals surface area contributed by atoms with Crippen LogP contribution in [-0.4, -0.2) is 29.6 Å². The SMILES string of the molecule is CC(=O)OCC(=O)[C@H]1CC[C@H]2[C@@H]3CC[C@H]4CC(O)CC[C@]4(C)[C@H]3CC[C@]12C. The highest BCUT2D eigenvalue weighted by molar-refractivity contribution is 5.85. The summed E-state index contributed by atoms with van der Waals surface area (Å²) < 4.78 is 5.03. The second kappa shape index (κ2) is 6.86. The summed E-state index contributed by atoms with van der Waals surface area (Å²) in [6.45, 7) is 6.17. The van der Waals surface area contributed by atoms with Gasteiger partial charge in [-0.2, -0.15) is 0 Å². The summed E-state index contributed by atoms with van der Waals surface area (Å²) in [5.74, 6) is 2.62. The van der Waals surface area contributed by atoms with Crippen molar-refractivity contribution in [3.8, 4) is 0 Å². The molecule has 4 nitrogen and oxygen atoms in total. The predicted octanol–water partition coefficient (Wildman–Crippen LogP) is 4.14. The molecule has 0 aliphatic heterocycles. The number of carbonyl (C=O) groups is 2. The number of aliphatic hydroxyl groups is 1. The van der Waals surface area contributed by atoms with Crippen LogP contribution in [0.4, 0.5) is 0 Å². The molecule has 0 spiro atoms. The highest BCUT2D eigenvalue weighted by Gasteiger charge is 2.61. The maximum absolute atomic E-state index is 12.8. The maximum Gasteiger partial charge on any atom is 0.303 e. The Hall–Kier alpha value is -0.900. The van der Waals surface area contributed by atoms with Crippen molar-refractivity contribution in [3.63, 3.8) is 0 Å². The van der Waals surface area contributed by atoms with E-state index in [0.717, 1.165) is 50.4 Å². The van der Waals surface area contributed by atoms with E-state index in [1.807, 2.05) is 0 Å². The van der Waals surface area contributed by atoms with Crippen molar-refractivity contribution in [1.82, 2.24) is 0 Å². The van der Waals surface area contributed by atoms with Crippen LogP contribution in [-0.2, 0) is 14.3 Å². The largest absolute Gasteiger partial charge is 0.458 e. The van der Waals surface area contributed by atoms with E-state index in [1.54, 1.807) is 0 Å². The van der Waals surface area contributed by atoms with Crippen molar-refractivity contribution < 1.29 is 19.4 Å². The lowest BCUT2D eigenvalue weighted by Crippen LogP contribution is -2.54. The van der Waals surface area contributed by atoms with Crippen molar-refractivity contribution in [2.75, 3.05) is 6.61 Å². The number of aliphatic hydroxyl groups excluding tert-OH is 1. The zero-order valence-electron chi connectivity index (χ0n) is 17.2. The molecular formula is C23H36O4. The molecule has 4 heteroatoms. The molecule has 0 aromatic rings. The lowest BCUT2D eigenvalue weighted by atomic mass is 9.44. The fourth-order valence-corrected chi connectivity index (χ4v) is 8.04. The zero-order valence-corrected chi connectivity index (χ0v) is 17.2. The molecule has 27 heavy (non-hydrogen) atoms. The first-order valence-corrected chi connectivity index (χ1v) is 11.1. The molecule has 4 fully saturated rings.